The normalized spacial score (nSPS) is 12.3. The zero-order valence-corrected chi connectivity index (χ0v) is 44.1. The maximum atomic E-state index is 5.25. The van der Waals surface area contributed by atoms with E-state index in [9.17, 15) is 0 Å². The third kappa shape index (κ3) is 9.59. The minimum Gasteiger partial charge on any atom is -0.265 e. The SMILES string of the molecule is Cc1nc(-c2cc(-c3ccccc3C(C)(C)c3ccccc3)cc(-c3ccncc3[Si](C)(C)C)c2)cc(-c2cc(-c3ccncc3C(C)(C)C)cc(-c3ccncc3[Si](C)(C)c3ccccc3)c2)n1. The molecular formula is C62H63N5Si2. The lowest BCUT2D eigenvalue weighted by Crippen LogP contribution is -2.53. The molecule has 0 aliphatic carbocycles. The molecule has 5 aromatic carbocycles. The first kappa shape index (κ1) is 47.1. The molecule has 4 heterocycles. The first-order valence-corrected chi connectivity index (χ1v) is 30.6. The van der Waals surface area contributed by atoms with Crippen molar-refractivity contribution in [2.45, 2.75) is 85.1 Å². The Labute approximate surface area is 411 Å². The molecule has 0 fully saturated rings. The minimum absolute atomic E-state index is 0.135. The monoisotopic (exact) mass is 933 g/mol. The molecule has 0 spiro atoms. The molecule has 0 saturated carbocycles. The van der Waals surface area contributed by atoms with Crippen LogP contribution >= 0.6 is 0 Å². The number of pyridine rings is 3. The molecular weight excluding hydrogens is 871 g/mol. The second-order valence-corrected chi connectivity index (χ2v) is 31.0. The van der Waals surface area contributed by atoms with E-state index >= 15 is 0 Å². The molecule has 0 amide bonds. The van der Waals surface area contributed by atoms with Crippen LogP contribution in [0.2, 0.25) is 32.7 Å². The Balaban J connectivity index is 1.28. The molecule has 0 N–H and O–H groups in total. The van der Waals surface area contributed by atoms with E-state index < -0.39 is 16.1 Å². The van der Waals surface area contributed by atoms with Gasteiger partial charge in [0.15, 0.2) is 0 Å². The van der Waals surface area contributed by atoms with Crippen LogP contribution in [0.5, 0.6) is 0 Å². The molecule has 9 aromatic rings. The van der Waals surface area contributed by atoms with Gasteiger partial charge in [0.25, 0.3) is 0 Å². The van der Waals surface area contributed by atoms with Crippen molar-refractivity contribution in [2.24, 2.45) is 0 Å². The van der Waals surface area contributed by atoms with Gasteiger partial charge in [0, 0.05) is 53.7 Å². The Morgan fingerprint density at radius 2 is 0.841 bits per heavy atom. The van der Waals surface area contributed by atoms with Gasteiger partial charge >= 0.3 is 0 Å². The van der Waals surface area contributed by atoms with Crippen molar-refractivity contribution in [3.8, 4) is 67.0 Å². The zero-order chi connectivity index (χ0) is 48.7. The summed E-state index contributed by atoms with van der Waals surface area (Å²) in [5, 5.41) is 3.99. The lowest BCUT2D eigenvalue weighted by atomic mass is 9.75. The van der Waals surface area contributed by atoms with Gasteiger partial charge < -0.3 is 0 Å². The molecule has 0 atom stereocenters. The molecule has 344 valence electrons. The second kappa shape index (κ2) is 18.5. The summed E-state index contributed by atoms with van der Waals surface area (Å²) in [6, 6.07) is 53.4. The second-order valence-electron chi connectivity index (χ2n) is 21.6. The predicted molar refractivity (Wildman–Crippen MR) is 296 cm³/mol. The van der Waals surface area contributed by atoms with E-state index in [0.717, 1.165) is 50.3 Å². The Kier molecular flexibility index (Phi) is 12.7. The van der Waals surface area contributed by atoms with E-state index in [4.69, 9.17) is 15.0 Å². The summed E-state index contributed by atoms with van der Waals surface area (Å²) in [6.07, 6.45) is 12.0. The van der Waals surface area contributed by atoms with Crippen LogP contribution in [0.15, 0.2) is 183 Å². The van der Waals surface area contributed by atoms with Gasteiger partial charge in [0.2, 0.25) is 0 Å². The summed E-state index contributed by atoms with van der Waals surface area (Å²) in [5.74, 6) is 0.709. The Bertz CT molecular complexity index is 3090. The number of nitrogens with zero attached hydrogens (tertiary/aromatic N) is 5. The van der Waals surface area contributed by atoms with Gasteiger partial charge in [-0.25, -0.2) is 9.97 Å². The first-order valence-electron chi connectivity index (χ1n) is 24.1. The topological polar surface area (TPSA) is 64.5 Å². The van der Waals surface area contributed by atoms with Crippen LogP contribution in [-0.2, 0) is 10.8 Å². The lowest BCUT2D eigenvalue weighted by molar-refractivity contribution is 0.589. The van der Waals surface area contributed by atoms with Gasteiger partial charge in [0.1, 0.15) is 13.9 Å². The minimum atomic E-state index is -2.20. The van der Waals surface area contributed by atoms with Gasteiger partial charge in [-0.15, -0.1) is 0 Å². The van der Waals surface area contributed by atoms with Crippen molar-refractivity contribution in [2.75, 3.05) is 0 Å². The summed E-state index contributed by atoms with van der Waals surface area (Å²) >= 11 is 0. The van der Waals surface area contributed by atoms with Crippen molar-refractivity contribution in [1.82, 2.24) is 24.9 Å². The van der Waals surface area contributed by atoms with E-state index in [2.05, 4.69) is 235 Å². The highest BCUT2D eigenvalue weighted by Gasteiger charge is 2.31. The van der Waals surface area contributed by atoms with Crippen molar-refractivity contribution in [3.63, 3.8) is 0 Å². The van der Waals surface area contributed by atoms with Crippen LogP contribution in [-0.4, -0.2) is 41.1 Å². The quantitative estimate of drug-likeness (QED) is 0.121. The molecule has 9 rings (SSSR count). The van der Waals surface area contributed by atoms with Crippen molar-refractivity contribution in [3.05, 3.63) is 205 Å². The first-order chi connectivity index (χ1) is 32.9. The third-order valence-electron chi connectivity index (χ3n) is 13.9. The summed E-state index contributed by atoms with van der Waals surface area (Å²) in [5.41, 5.74) is 16.4. The largest absolute Gasteiger partial charge is 0.265 e. The van der Waals surface area contributed by atoms with Crippen molar-refractivity contribution in [1.29, 1.82) is 0 Å². The van der Waals surface area contributed by atoms with E-state index in [1.165, 1.54) is 48.9 Å². The number of benzene rings is 5. The number of hydrogen-bond donors (Lipinski definition) is 0. The number of aromatic nitrogens is 5. The van der Waals surface area contributed by atoms with E-state index in [1.54, 1.807) is 0 Å². The Morgan fingerprint density at radius 3 is 1.39 bits per heavy atom. The van der Waals surface area contributed by atoms with E-state index in [-0.39, 0.29) is 10.8 Å². The molecule has 69 heavy (non-hydrogen) atoms. The number of aryl methyl sites for hydroxylation is 1. The average Bonchev–Trinajstić information content (AvgIpc) is 3.36. The number of hydrogen-bond acceptors (Lipinski definition) is 5. The summed E-state index contributed by atoms with van der Waals surface area (Å²) in [7, 11) is -4.01. The van der Waals surface area contributed by atoms with Crippen LogP contribution in [0, 0.1) is 6.92 Å². The zero-order valence-electron chi connectivity index (χ0n) is 42.1. The predicted octanol–water partition coefficient (Wildman–Crippen LogP) is 14.0. The summed E-state index contributed by atoms with van der Waals surface area (Å²) in [4.78, 5) is 24.5. The summed E-state index contributed by atoms with van der Waals surface area (Å²) < 4.78 is 0. The molecule has 0 unspecified atom stereocenters. The fourth-order valence-corrected chi connectivity index (χ4v) is 14.1. The Morgan fingerprint density at radius 1 is 0.406 bits per heavy atom. The van der Waals surface area contributed by atoms with Gasteiger partial charge in [-0.1, -0.05) is 157 Å². The van der Waals surface area contributed by atoms with E-state index in [0.29, 0.717) is 5.82 Å². The smallest absolute Gasteiger partial charge is 0.126 e. The van der Waals surface area contributed by atoms with Crippen LogP contribution in [0.25, 0.3) is 67.0 Å². The highest BCUT2D eigenvalue weighted by atomic mass is 28.3. The van der Waals surface area contributed by atoms with Gasteiger partial charge in [0.05, 0.1) is 19.5 Å². The van der Waals surface area contributed by atoms with Crippen LogP contribution in [0.4, 0.5) is 0 Å². The molecule has 0 aliphatic rings. The van der Waals surface area contributed by atoms with Crippen LogP contribution < -0.4 is 15.6 Å². The molecule has 0 bridgehead atoms. The van der Waals surface area contributed by atoms with Crippen molar-refractivity contribution < 1.29 is 0 Å². The molecule has 0 saturated heterocycles. The van der Waals surface area contributed by atoms with Crippen LogP contribution in [0.3, 0.4) is 0 Å². The molecule has 5 nitrogen and oxygen atoms in total. The lowest BCUT2D eigenvalue weighted by Gasteiger charge is -2.29. The molecule has 7 heteroatoms. The third-order valence-corrected chi connectivity index (χ3v) is 19.4. The van der Waals surface area contributed by atoms with Gasteiger partial charge in [-0.05, 0) is 145 Å². The van der Waals surface area contributed by atoms with Crippen molar-refractivity contribution >= 4 is 31.7 Å². The highest BCUT2D eigenvalue weighted by molar-refractivity contribution is 7.01. The Hall–Kier alpha value is -6.94. The maximum absolute atomic E-state index is 5.25. The molecule has 0 radical (unpaired) electrons. The molecule has 0 aliphatic heterocycles. The molecule has 4 aromatic heterocycles. The maximum Gasteiger partial charge on any atom is 0.126 e. The number of rotatable bonds is 11. The van der Waals surface area contributed by atoms with Gasteiger partial charge in [-0.2, -0.15) is 0 Å². The van der Waals surface area contributed by atoms with Gasteiger partial charge in [-0.3, -0.25) is 15.0 Å². The summed E-state index contributed by atoms with van der Waals surface area (Å²) in [6.45, 7) is 25.5. The fourth-order valence-electron chi connectivity index (χ4n) is 9.97. The van der Waals surface area contributed by atoms with Crippen LogP contribution in [0.1, 0.15) is 57.1 Å². The fraction of sp³-hybridized carbons (Fsp3) is 0.210. The van der Waals surface area contributed by atoms with E-state index in [1.807, 2.05) is 31.7 Å². The average molecular weight is 934 g/mol. The highest BCUT2D eigenvalue weighted by Crippen LogP contribution is 2.42. The standard InChI is InChI=1S/C62H63N5Si2/c1-42-66-57(47-34-43(32-45(36-47)53-27-30-64-40-59(53)68(7,8)9)51-24-18-19-25-55(51)62(5,6)49-20-14-12-15-21-49)38-58(67-42)48-35-44(52-26-29-63-39-56(52)61(2,3)4)33-46(37-48)54-28-31-65-41-60(54)69(10,11)50-22-16-13-17-23-50/h12-41H,1-11H3.